The average molecular weight is 1000 g/mol. The number of phenols is 1. The van der Waals surface area contributed by atoms with Crippen molar-refractivity contribution < 1.29 is 52.4 Å². The molecule has 3 aromatic rings. The summed E-state index contributed by atoms with van der Waals surface area (Å²) in [6, 6.07) is 17.2. The third kappa shape index (κ3) is 13.5. The molecule has 1 aliphatic carbocycles. The van der Waals surface area contributed by atoms with Gasteiger partial charge in [-0.25, -0.2) is 13.2 Å². The molecule has 23 heteroatoms. The van der Waals surface area contributed by atoms with Crippen LogP contribution in [0.15, 0.2) is 104 Å². The SMILES string of the molecule is NC(N)=NCCCCC(=O)NC(CCCCNC(=S)Nc1ccc(-c2c3ccc(=O)cc-3oc3cc(O)ccc23)c(C(=O)O)c1)C(=O)NCC(NC(=O)C1CCCN1S(=O)(=O)c1ccccc1)C(O)O. The zero-order chi connectivity index (χ0) is 50.5. The largest absolute Gasteiger partial charge is 0.508 e. The van der Waals surface area contributed by atoms with Gasteiger partial charge in [0.05, 0.1) is 16.5 Å². The molecule has 0 saturated carbocycles. The predicted molar refractivity (Wildman–Crippen MR) is 264 cm³/mol. The number of carboxylic acids is 1. The Morgan fingerprint density at radius 2 is 1.66 bits per heavy atom. The van der Waals surface area contributed by atoms with E-state index in [1.807, 2.05) is 0 Å². The van der Waals surface area contributed by atoms with Crippen LogP contribution in [0.4, 0.5) is 5.69 Å². The van der Waals surface area contributed by atoms with Crippen LogP contribution in [0.3, 0.4) is 0 Å². The molecule has 1 saturated heterocycles. The summed E-state index contributed by atoms with van der Waals surface area (Å²) in [6.07, 6.45) is 0.354. The van der Waals surface area contributed by atoms with Crippen molar-refractivity contribution in [1.82, 2.24) is 25.6 Å². The number of phenolic OH excluding ortho intramolecular Hbond substituents is 1. The summed E-state index contributed by atoms with van der Waals surface area (Å²) in [7, 11) is -4.04. The van der Waals surface area contributed by atoms with Crippen molar-refractivity contribution in [2.24, 2.45) is 16.5 Å². The molecule has 21 nitrogen and oxygen atoms in total. The molecule has 3 amide bonds. The van der Waals surface area contributed by atoms with Gasteiger partial charge < -0.3 is 62.9 Å². The predicted octanol–water partition coefficient (Wildman–Crippen LogP) is 2.12. The van der Waals surface area contributed by atoms with E-state index in [0.29, 0.717) is 73.0 Å². The quantitative estimate of drug-likeness (QED) is 0.0118. The van der Waals surface area contributed by atoms with E-state index in [9.17, 15) is 52.8 Å². The number of carbonyl (C=O) groups excluding carboxylic acids is 3. The van der Waals surface area contributed by atoms with E-state index in [0.717, 1.165) is 4.31 Å². The number of aliphatic hydroxyl groups is 2. The molecule has 3 aliphatic rings. The minimum absolute atomic E-state index is 0.00666. The molecular formula is C47H55N9O12S2. The summed E-state index contributed by atoms with van der Waals surface area (Å²) >= 11 is 5.51. The maximum Gasteiger partial charge on any atom is 0.336 e. The van der Waals surface area contributed by atoms with Gasteiger partial charge in [-0.1, -0.05) is 24.3 Å². The molecule has 6 rings (SSSR count). The number of aromatic carboxylic acids is 1. The zero-order valence-corrected chi connectivity index (χ0v) is 39.4. The molecule has 1 fully saturated rings. The number of sulfonamides is 1. The van der Waals surface area contributed by atoms with Crippen molar-refractivity contribution in [2.75, 3.05) is 31.5 Å². The monoisotopic (exact) mass is 1000 g/mol. The number of amides is 3. The fourth-order valence-corrected chi connectivity index (χ4v) is 9.92. The summed E-state index contributed by atoms with van der Waals surface area (Å²) < 4.78 is 33.7. The maximum atomic E-state index is 13.6. The number of nitrogens with one attached hydrogen (secondary N) is 5. The second kappa shape index (κ2) is 23.9. The highest BCUT2D eigenvalue weighted by atomic mass is 32.2. The number of nitrogens with two attached hydrogens (primary N) is 2. The van der Waals surface area contributed by atoms with Crippen molar-refractivity contribution in [3.05, 3.63) is 101 Å². The van der Waals surface area contributed by atoms with E-state index in [4.69, 9.17) is 28.1 Å². The lowest BCUT2D eigenvalue weighted by Gasteiger charge is -2.27. The molecule has 0 aromatic heterocycles. The van der Waals surface area contributed by atoms with Gasteiger partial charge in [0, 0.05) is 66.9 Å². The molecule has 2 aliphatic heterocycles. The number of fused-ring (bicyclic) bond motifs is 2. The number of hydrogen-bond donors (Lipinski definition) is 11. The number of benzene rings is 4. The van der Waals surface area contributed by atoms with Crippen molar-refractivity contribution >= 4 is 73.7 Å². The van der Waals surface area contributed by atoms with Crippen molar-refractivity contribution in [2.45, 2.75) is 80.7 Å². The molecule has 70 heavy (non-hydrogen) atoms. The minimum atomic E-state index is -4.04. The molecule has 13 N–H and O–H groups in total. The van der Waals surface area contributed by atoms with E-state index in [-0.39, 0.29) is 69.9 Å². The Balaban J connectivity index is 1.06. The van der Waals surface area contributed by atoms with Crippen LogP contribution >= 0.6 is 12.2 Å². The number of carboxylic acid groups (broad SMARTS) is 1. The number of nitrogens with zero attached hydrogens (tertiary/aromatic N) is 2. The summed E-state index contributed by atoms with van der Waals surface area (Å²) in [5, 5.41) is 55.3. The zero-order valence-electron chi connectivity index (χ0n) is 37.8. The van der Waals surface area contributed by atoms with Gasteiger partial charge in [0.1, 0.15) is 29.2 Å². The molecule has 372 valence electrons. The third-order valence-corrected chi connectivity index (χ3v) is 13.6. The van der Waals surface area contributed by atoms with Gasteiger partial charge in [-0.3, -0.25) is 24.2 Å². The highest BCUT2D eigenvalue weighted by molar-refractivity contribution is 7.89. The molecule has 0 bridgehead atoms. The highest BCUT2D eigenvalue weighted by Gasteiger charge is 2.40. The first-order valence-corrected chi connectivity index (χ1v) is 24.3. The van der Waals surface area contributed by atoms with E-state index < -0.39 is 64.7 Å². The van der Waals surface area contributed by atoms with E-state index in [1.165, 1.54) is 42.5 Å². The number of carbonyl (C=O) groups is 4. The van der Waals surface area contributed by atoms with Gasteiger partial charge in [-0.2, -0.15) is 4.31 Å². The van der Waals surface area contributed by atoms with Crippen LogP contribution in [0, 0.1) is 0 Å². The number of hydrogen-bond acceptors (Lipinski definition) is 13. The molecule has 0 radical (unpaired) electrons. The molecular weight excluding hydrogens is 947 g/mol. The Morgan fingerprint density at radius 1 is 0.900 bits per heavy atom. The van der Waals surface area contributed by atoms with Gasteiger partial charge in [-0.05, 0) is 111 Å². The van der Waals surface area contributed by atoms with Gasteiger partial charge >= 0.3 is 5.97 Å². The number of thiocarbonyl (C=S) groups is 1. The summed E-state index contributed by atoms with van der Waals surface area (Å²) in [5.41, 5.74) is 12.2. The number of unbranched alkanes of at least 4 members (excludes halogenated alkanes) is 2. The third-order valence-electron chi connectivity index (χ3n) is 11.5. The Bertz CT molecular complexity index is 2880. The second-order valence-corrected chi connectivity index (χ2v) is 18.8. The van der Waals surface area contributed by atoms with E-state index in [2.05, 4.69) is 31.6 Å². The first-order chi connectivity index (χ1) is 33.4. The Morgan fingerprint density at radius 3 is 2.39 bits per heavy atom. The Kier molecular flexibility index (Phi) is 17.8. The number of guanidine groups is 1. The van der Waals surface area contributed by atoms with E-state index in [1.54, 1.807) is 42.5 Å². The molecule has 3 unspecified atom stereocenters. The van der Waals surface area contributed by atoms with Crippen molar-refractivity contribution in [3.8, 4) is 28.2 Å². The van der Waals surface area contributed by atoms with Crippen molar-refractivity contribution in [3.63, 3.8) is 0 Å². The summed E-state index contributed by atoms with van der Waals surface area (Å²) in [6.45, 7) is 0.210. The number of aliphatic hydroxyl groups excluding tert-OH is 1. The van der Waals surface area contributed by atoms with Crippen LogP contribution in [0.2, 0.25) is 0 Å². The molecule has 0 spiro atoms. The van der Waals surface area contributed by atoms with E-state index >= 15 is 0 Å². The fourth-order valence-electron chi connectivity index (χ4n) is 8.02. The first-order valence-electron chi connectivity index (χ1n) is 22.4. The molecule has 3 aromatic carbocycles. The number of anilines is 1. The van der Waals surface area contributed by atoms with Gasteiger partial charge in [0.15, 0.2) is 22.8 Å². The minimum Gasteiger partial charge on any atom is -0.508 e. The lowest BCUT2D eigenvalue weighted by Crippen LogP contribution is -2.56. The van der Waals surface area contributed by atoms with Crippen molar-refractivity contribution in [1.29, 1.82) is 0 Å². The summed E-state index contributed by atoms with van der Waals surface area (Å²) in [4.78, 5) is 68.8. The lowest BCUT2D eigenvalue weighted by atomic mass is 9.90. The Labute approximate surface area is 407 Å². The molecule has 3 atom stereocenters. The average Bonchev–Trinajstić information content (AvgIpc) is 3.83. The molecule has 2 heterocycles. The lowest BCUT2D eigenvalue weighted by molar-refractivity contribution is -0.132. The number of rotatable bonds is 22. The fraction of sp³-hybridized carbons (Fsp3) is 0.340. The maximum absolute atomic E-state index is 13.6. The summed E-state index contributed by atoms with van der Waals surface area (Å²) in [5.74, 6) is -3.08. The van der Waals surface area contributed by atoms with Crippen LogP contribution in [-0.4, -0.2) is 119 Å². The second-order valence-electron chi connectivity index (χ2n) is 16.5. The van der Waals surface area contributed by atoms with Gasteiger partial charge in [0.2, 0.25) is 27.7 Å². The van der Waals surface area contributed by atoms with Crippen LogP contribution in [0.5, 0.6) is 5.75 Å². The van der Waals surface area contributed by atoms with Gasteiger partial charge in [0.25, 0.3) is 0 Å². The van der Waals surface area contributed by atoms with Crippen LogP contribution in [0.25, 0.3) is 33.4 Å². The topological polar surface area (TPSA) is 341 Å². The normalized spacial score (nSPS) is 14.7. The first kappa shape index (κ1) is 52.2. The number of aromatic hydroxyl groups is 1. The Hall–Kier alpha value is -7.18. The van der Waals surface area contributed by atoms with Crippen LogP contribution in [0.1, 0.15) is 61.7 Å². The highest BCUT2D eigenvalue weighted by Crippen LogP contribution is 2.42. The standard InChI is InChI=1S/C47H55N9O12S2/c48-46(49)50-20-7-5-13-40(59)54-35(42(60)52-26-36(45(64)65)55-43(61)37-12-8-22-56(37)70(66,67)30-9-2-1-3-10-30)11-4-6-21-51-47(69)53-27-14-17-31(34(23-27)44(62)63)41-32-18-15-28(57)24-38(32)68-39-25-29(58)16-19-33(39)41/h1-3,9-10,14-19,23-25,35-37,45,57,64-65H,4-8,11-13,20-22,26H2,(H,52,60)(H,54,59)(H,55,61)(H,62,63)(H4,48,49,50)(H2,51,53,69). The van der Waals surface area contributed by atoms with Crippen LogP contribution < -0.4 is 43.5 Å². The van der Waals surface area contributed by atoms with Gasteiger partial charge in [-0.15, -0.1) is 0 Å². The van der Waals surface area contributed by atoms with Crippen LogP contribution in [-0.2, 0) is 24.4 Å². The smallest absolute Gasteiger partial charge is 0.336 e. The number of aliphatic imine (C=N–C) groups is 1.